The van der Waals surface area contributed by atoms with Gasteiger partial charge in [-0.05, 0) is 31.9 Å². The van der Waals surface area contributed by atoms with Gasteiger partial charge in [-0.2, -0.15) is 0 Å². The van der Waals surface area contributed by atoms with Gasteiger partial charge in [0.15, 0.2) is 0 Å². The molecule has 1 fully saturated rings. The molecule has 0 aliphatic carbocycles. The number of para-hydroxylation sites is 1. The number of hydrogen-bond acceptors (Lipinski definition) is 5. The van der Waals surface area contributed by atoms with E-state index in [0.29, 0.717) is 35.3 Å². The number of carbonyl (C=O) groups excluding carboxylic acids is 1. The molecule has 0 saturated carbocycles. The van der Waals surface area contributed by atoms with E-state index < -0.39 is 12.3 Å². The van der Waals surface area contributed by atoms with Gasteiger partial charge in [0.05, 0.1) is 11.1 Å². The molecule has 2 unspecified atom stereocenters. The third-order valence-electron chi connectivity index (χ3n) is 3.78. The number of amides is 1. The molecule has 21 heavy (non-hydrogen) atoms. The summed E-state index contributed by atoms with van der Waals surface area (Å²) in [4.78, 5) is 29.0. The second-order valence-electron chi connectivity index (χ2n) is 5.20. The van der Waals surface area contributed by atoms with E-state index in [-0.39, 0.29) is 11.5 Å². The average Bonchev–Trinajstić information content (AvgIpc) is 2.42. The number of nitrogen functional groups attached to an aromatic ring is 1. The Hall–Kier alpha value is -2.41. The van der Waals surface area contributed by atoms with Crippen molar-refractivity contribution in [3.8, 4) is 0 Å². The predicted octanol–water partition coefficient (Wildman–Crippen LogP) is 0.0566. The molecule has 1 amide bonds. The number of carbonyl (C=O) groups is 1. The molecule has 0 radical (unpaired) electrons. The van der Waals surface area contributed by atoms with Crippen molar-refractivity contribution in [1.82, 2.24) is 14.9 Å². The number of hydrogen-bond donors (Lipinski definition) is 3. The van der Waals surface area contributed by atoms with Crippen LogP contribution in [-0.4, -0.2) is 26.8 Å². The van der Waals surface area contributed by atoms with Crippen molar-refractivity contribution in [3.63, 3.8) is 0 Å². The lowest BCUT2D eigenvalue weighted by atomic mass is 10.0. The van der Waals surface area contributed by atoms with Crippen molar-refractivity contribution in [2.45, 2.75) is 32.0 Å². The van der Waals surface area contributed by atoms with E-state index in [4.69, 9.17) is 5.73 Å². The van der Waals surface area contributed by atoms with Crippen LogP contribution in [0.5, 0.6) is 0 Å². The van der Waals surface area contributed by atoms with E-state index in [9.17, 15) is 14.7 Å². The van der Waals surface area contributed by atoms with Crippen molar-refractivity contribution >= 4 is 22.5 Å². The number of aryl methyl sites for hydroxylation is 1. The van der Waals surface area contributed by atoms with Gasteiger partial charge in [0.2, 0.25) is 5.91 Å². The van der Waals surface area contributed by atoms with Gasteiger partial charge in [-0.25, -0.2) is 4.98 Å². The zero-order valence-corrected chi connectivity index (χ0v) is 11.5. The highest BCUT2D eigenvalue weighted by Gasteiger charge is 2.30. The minimum atomic E-state index is -0.853. The first-order valence-electron chi connectivity index (χ1n) is 6.75. The fraction of sp³-hybridized carbons (Fsp3) is 0.357. The number of aliphatic hydroxyl groups is 1. The number of aromatic nitrogens is 2. The Morgan fingerprint density at radius 3 is 2.86 bits per heavy atom. The highest BCUT2D eigenvalue weighted by molar-refractivity contribution is 5.89. The van der Waals surface area contributed by atoms with Crippen LogP contribution in [0.25, 0.3) is 10.9 Å². The zero-order valence-electron chi connectivity index (χ0n) is 11.5. The van der Waals surface area contributed by atoms with E-state index in [1.54, 1.807) is 25.1 Å². The molecule has 3 rings (SSSR count). The molecule has 2 aromatic rings. The van der Waals surface area contributed by atoms with E-state index >= 15 is 0 Å². The smallest absolute Gasteiger partial charge is 0.262 e. The number of rotatable bonds is 1. The first kappa shape index (κ1) is 13.6. The number of benzene rings is 1. The lowest BCUT2D eigenvalue weighted by Crippen LogP contribution is -2.47. The fourth-order valence-corrected chi connectivity index (χ4v) is 2.74. The normalized spacial score (nSPS) is 22.3. The summed E-state index contributed by atoms with van der Waals surface area (Å²) in [6.45, 7) is 1.67. The lowest BCUT2D eigenvalue weighted by Gasteiger charge is -2.28. The Morgan fingerprint density at radius 1 is 1.38 bits per heavy atom. The molecule has 1 aliphatic heterocycles. The molecule has 0 bridgehead atoms. The Balaban J connectivity index is 2.20. The molecule has 2 atom stereocenters. The second kappa shape index (κ2) is 4.85. The molecule has 7 heteroatoms. The van der Waals surface area contributed by atoms with Crippen LogP contribution < -0.4 is 16.6 Å². The molecular formula is C14H16N4O3. The first-order valence-corrected chi connectivity index (χ1v) is 6.75. The molecule has 1 aliphatic rings. The maximum absolute atomic E-state index is 12.7. The maximum Gasteiger partial charge on any atom is 0.262 e. The third-order valence-corrected chi connectivity index (χ3v) is 3.78. The van der Waals surface area contributed by atoms with E-state index in [1.807, 2.05) is 0 Å². The molecule has 0 spiro atoms. The Labute approximate surface area is 120 Å². The van der Waals surface area contributed by atoms with E-state index in [2.05, 4.69) is 10.3 Å². The summed E-state index contributed by atoms with van der Waals surface area (Å²) >= 11 is 0. The van der Waals surface area contributed by atoms with E-state index in [0.717, 1.165) is 0 Å². The minimum absolute atomic E-state index is 0.290. The zero-order chi connectivity index (χ0) is 15.1. The Bertz CT molecular complexity index is 784. The highest BCUT2D eigenvalue weighted by atomic mass is 16.3. The van der Waals surface area contributed by atoms with Gasteiger partial charge in [-0.3, -0.25) is 14.2 Å². The topological polar surface area (TPSA) is 110 Å². The highest BCUT2D eigenvalue weighted by Crippen LogP contribution is 2.22. The second-order valence-corrected chi connectivity index (χ2v) is 5.20. The number of aliphatic hydroxyl groups excluding tert-OH is 1. The monoisotopic (exact) mass is 288 g/mol. The number of fused-ring (bicyclic) bond motifs is 1. The molecule has 1 saturated heterocycles. The van der Waals surface area contributed by atoms with Crippen LogP contribution in [0.1, 0.15) is 24.7 Å². The van der Waals surface area contributed by atoms with Gasteiger partial charge < -0.3 is 16.2 Å². The fourth-order valence-electron chi connectivity index (χ4n) is 2.74. The number of anilines is 1. The molecule has 1 aromatic heterocycles. The maximum atomic E-state index is 12.7. The minimum Gasteiger partial charge on any atom is -0.397 e. The van der Waals surface area contributed by atoms with Crippen molar-refractivity contribution in [2.24, 2.45) is 0 Å². The average molecular weight is 288 g/mol. The molecule has 1 aromatic carbocycles. The predicted molar refractivity (Wildman–Crippen MR) is 77.6 cm³/mol. The lowest BCUT2D eigenvalue weighted by molar-refractivity contribution is -0.130. The number of nitrogens with two attached hydrogens (primary N) is 1. The summed E-state index contributed by atoms with van der Waals surface area (Å²) in [7, 11) is 0. The van der Waals surface area contributed by atoms with Gasteiger partial charge in [-0.15, -0.1) is 0 Å². The van der Waals surface area contributed by atoms with Crippen molar-refractivity contribution in [2.75, 3.05) is 5.73 Å². The molecule has 4 N–H and O–H groups in total. The van der Waals surface area contributed by atoms with Gasteiger partial charge in [0, 0.05) is 0 Å². The third kappa shape index (κ3) is 2.15. The first-order chi connectivity index (χ1) is 9.99. The molecular weight excluding hydrogens is 272 g/mol. The number of nitrogens with zero attached hydrogens (tertiary/aromatic N) is 2. The SMILES string of the molecule is Cc1nc2c(N)cccc2c(=O)n1C1CCC(O)NC1=O. The summed E-state index contributed by atoms with van der Waals surface area (Å²) in [5.74, 6) is 0.0611. The standard InChI is InChI=1S/C14H16N4O3/c1-7-16-12-8(3-2-4-9(12)15)14(21)18(7)10-5-6-11(19)17-13(10)20/h2-4,10-11,19H,5-6,15H2,1H3,(H,17,20). The van der Waals surface area contributed by atoms with Crippen LogP contribution >= 0.6 is 0 Å². The van der Waals surface area contributed by atoms with Gasteiger partial charge in [0.25, 0.3) is 5.56 Å². The quantitative estimate of drug-likeness (QED) is 0.642. The Morgan fingerprint density at radius 2 is 2.14 bits per heavy atom. The summed E-state index contributed by atoms with van der Waals surface area (Å²) in [6, 6.07) is 4.36. The van der Waals surface area contributed by atoms with Gasteiger partial charge in [0.1, 0.15) is 23.6 Å². The van der Waals surface area contributed by atoms with Crippen molar-refractivity contribution in [1.29, 1.82) is 0 Å². The Kier molecular flexibility index (Phi) is 3.13. The molecule has 7 nitrogen and oxygen atoms in total. The molecule has 2 heterocycles. The van der Waals surface area contributed by atoms with Crippen molar-refractivity contribution < 1.29 is 9.90 Å². The summed E-state index contributed by atoms with van der Waals surface area (Å²) in [5.41, 5.74) is 6.44. The van der Waals surface area contributed by atoms with Crippen LogP contribution in [0, 0.1) is 6.92 Å². The van der Waals surface area contributed by atoms with Crippen LogP contribution in [-0.2, 0) is 4.79 Å². The largest absolute Gasteiger partial charge is 0.397 e. The summed E-state index contributed by atoms with van der Waals surface area (Å²) < 4.78 is 1.38. The molecule has 110 valence electrons. The van der Waals surface area contributed by atoms with E-state index in [1.165, 1.54) is 4.57 Å². The summed E-state index contributed by atoms with van der Waals surface area (Å²) in [6.07, 6.45) is -0.0608. The van der Waals surface area contributed by atoms with Crippen LogP contribution in [0.15, 0.2) is 23.0 Å². The van der Waals surface area contributed by atoms with Crippen molar-refractivity contribution in [3.05, 3.63) is 34.4 Å². The van der Waals surface area contributed by atoms with Crippen LogP contribution in [0.2, 0.25) is 0 Å². The summed E-state index contributed by atoms with van der Waals surface area (Å²) in [5, 5.41) is 12.3. The van der Waals surface area contributed by atoms with Gasteiger partial charge in [-0.1, -0.05) is 6.07 Å². The number of piperidine rings is 1. The number of nitrogens with one attached hydrogen (secondary N) is 1. The van der Waals surface area contributed by atoms with Crippen LogP contribution in [0.3, 0.4) is 0 Å². The van der Waals surface area contributed by atoms with Crippen LogP contribution in [0.4, 0.5) is 5.69 Å². The van der Waals surface area contributed by atoms with Gasteiger partial charge >= 0.3 is 0 Å².